The highest BCUT2D eigenvalue weighted by Crippen LogP contribution is 2.62. The molecular weight excluding hydrogens is 452 g/mol. The van der Waals surface area contributed by atoms with Gasteiger partial charge < -0.3 is 14.7 Å². The number of anilines is 1. The van der Waals surface area contributed by atoms with Crippen molar-refractivity contribution in [1.82, 2.24) is 24.5 Å². The van der Waals surface area contributed by atoms with E-state index in [4.69, 9.17) is 21.4 Å². The van der Waals surface area contributed by atoms with E-state index in [1.54, 1.807) is 0 Å². The fourth-order valence-electron chi connectivity index (χ4n) is 6.59. The Kier molecular flexibility index (Phi) is 4.48. The predicted molar refractivity (Wildman–Crippen MR) is 131 cm³/mol. The lowest BCUT2D eigenvalue weighted by Crippen LogP contribution is -2.63. The van der Waals surface area contributed by atoms with Gasteiger partial charge >= 0.3 is 0 Å². The second-order valence-corrected chi connectivity index (χ2v) is 11.5. The Morgan fingerprint density at radius 3 is 2.65 bits per heavy atom. The lowest BCUT2D eigenvalue weighted by molar-refractivity contribution is -0.0977. The van der Waals surface area contributed by atoms with E-state index in [-0.39, 0.29) is 17.1 Å². The molecule has 1 N–H and O–H groups in total. The highest BCUT2D eigenvalue weighted by Gasteiger charge is 2.58. The molecule has 0 amide bonds. The number of piperazine rings is 1. The number of halogens is 1. The van der Waals surface area contributed by atoms with Crippen LogP contribution in [0.15, 0.2) is 30.7 Å². The molecule has 3 atom stereocenters. The molecule has 3 aromatic rings. The standard InChI is InChI=1S/C25H31ClN6O2/c1-16-12-29(24(2)15-34-14-23(24)33)3-4-30(16)22-6-21-18(5-20(22)26)10-28-32(21)19-11-27-31(13-19)25-7-17(8-25)9-25/h5-6,10-11,13,16-17,23,33H,3-4,7-9,12,14-15H2,1-2H3/t16-,17?,23+,24-,25?/m1/s1. The molecular formula is C25H31ClN6O2. The third-order valence-electron chi connectivity index (χ3n) is 8.99. The van der Waals surface area contributed by atoms with E-state index in [1.165, 1.54) is 19.3 Å². The first-order valence-corrected chi connectivity index (χ1v) is 12.7. The van der Waals surface area contributed by atoms with Crippen molar-refractivity contribution in [1.29, 1.82) is 0 Å². The molecule has 9 heteroatoms. The molecule has 2 bridgehead atoms. The topological polar surface area (TPSA) is 71.6 Å². The van der Waals surface area contributed by atoms with Gasteiger partial charge in [-0.15, -0.1) is 0 Å². The zero-order valence-corrected chi connectivity index (χ0v) is 20.4. The van der Waals surface area contributed by atoms with Crippen molar-refractivity contribution < 1.29 is 9.84 Å². The molecule has 3 aliphatic carbocycles. The summed E-state index contributed by atoms with van der Waals surface area (Å²) in [4.78, 5) is 4.76. The van der Waals surface area contributed by atoms with Crippen LogP contribution in [0.5, 0.6) is 0 Å². The number of aromatic nitrogens is 4. The molecule has 2 saturated heterocycles. The van der Waals surface area contributed by atoms with E-state index in [0.717, 1.165) is 52.9 Å². The first kappa shape index (κ1) is 21.2. The molecule has 8 nitrogen and oxygen atoms in total. The molecule has 0 unspecified atom stereocenters. The minimum absolute atomic E-state index is 0.247. The maximum atomic E-state index is 10.5. The Morgan fingerprint density at radius 2 is 1.97 bits per heavy atom. The van der Waals surface area contributed by atoms with Crippen LogP contribution in [0.3, 0.4) is 0 Å². The molecule has 2 aliphatic heterocycles. The lowest BCUT2D eigenvalue weighted by atomic mass is 9.50. The summed E-state index contributed by atoms with van der Waals surface area (Å²) in [6, 6.07) is 4.44. The summed E-state index contributed by atoms with van der Waals surface area (Å²) in [5.74, 6) is 0.914. The van der Waals surface area contributed by atoms with Crippen LogP contribution in [0, 0.1) is 5.92 Å². The summed E-state index contributed by atoms with van der Waals surface area (Å²) >= 11 is 6.80. The van der Waals surface area contributed by atoms with E-state index in [9.17, 15) is 5.11 Å². The number of hydrogen-bond donors (Lipinski definition) is 1. The van der Waals surface area contributed by atoms with Crippen LogP contribution in [-0.2, 0) is 10.3 Å². The van der Waals surface area contributed by atoms with Gasteiger partial charge in [-0.05, 0) is 51.2 Å². The van der Waals surface area contributed by atoms with Crippen molar-refractivity contribution in [3.05, 3.63) is 35.7 Å². The molecule has 34 heavy (non-hydrogen) atoms. The van der Waals surface area contributed by atoms with Gasteiger partial charge in [-0.2, -0.15) is 10.2 Å². The third kappa shape index (κ3) is 2.89. The second kappa shape index (κ2) is 7.20. The zero-order chi connectivity index (χ0) is 23.2. The van der Waals surface area contributed by atoms with Crippen LogP contribution in [0.4, 0.5) is 5.69 Å². The van der Waals surface area contributed by atoms with Gasteiger partial charge in [-0.25, -0.2) is 4.68 Å². The van der Waals surface area contributed by atoms with Gasteiger partial charge in [0, 0.05) is 31.1 Å². The Bertz CT molecular complexity index is 1250. The van der Waals surface area contributed by atoms with Gasteiger partial charge in [0.2, 0.25) is 0 Å². The summed E-state index contributed by atoms with van der Waals surface area (Å²) in [5, 5.41) is 21.6. The smallest absolute Gasteiger partial charge is 0.103 e. The van der Waals surface area contributed by atoms with Crippen LogP contribution in [0.25, 0.3) is 16.6 Å². The highest BCUT2D eigenvalue weighted by atomic mass is 35.5. The summed E-state index contributed by atoms with van der Waals surface area (Å²) in [6.07, 6.45) is 9.30. The second-order valence-electron chi connectivity index (χ2n) is 11.1. The van der Waals surface area contributed by atoms with E-state index < -0.39 is 6.10 Å². The summed E-state index contributed by atoms with van der Waals surface area (Å²) < 4.78 is 9.73. The maximum Gasteiger partial charge on any atom is 0.103 e. The predicted octanol–water partition coefficient (Wildman–Crippen LogP) is 3.04. The fourth-order valence-corrected chi connectivity index (χ4v) is 6.87. The van der Waals surface area contributed by atoms with Gasteiger partial charge in [0.05, 0.1) is 65.2 Å². The Labute approximate surface area is 204 Å². The average molecular weight is 483 g/mol. The molecule has 2 aromatic heterocycles. The molecule has 5 aliphatic rings. The minimum atomic E-state index is -0.452. The summed E-state index contributed by atoms with van der Waals surface area (Å²) in [5.41, 5.74) is 3.01. The number of benzene rings is 1. The zero-order valence-electron chi connectivity index (χ0n) is 19.7. The van der Waals surface area contributed by atoms with Gasteiger partial charge in [-0.3, -0.25) is 9.58 Å². The van der Waals surface area contributed by atoms with E-state index in [0.29, 0.717) is 13.2 Å². The molecule has 4 heterocycles. The molecule has 5 fully saturated rings. The first-order valence-electron chi connectivity index (χ1n) is 12.4. The molecule has 8 rings (SSSR count). The average Bonchev–Trinajstić information content (AvgIpc) is 3.45. The number of hydrogen-bond acceptors (Lipinski definition) is 6. The lowest BCUT2D eigenvalue weighted by Gasteiger charge is -2.61. The van der Waals surface area contributed by atoms with Crippen molar-refractivity contribution in [2.24, 2.45) is 5.92 Å². The van der Waals surface area contributed by atoms with Gasteiger partial charge in [0.25, 0.3) is 0 Å². The summed E-state index contributed by atoms with van der Waals surface area (Å²) in [7, 11) is 0. The maximum absolute atomic E-state index is 10.5. The number of rotatable bonds is 4. The third-order valence-corrected chi connectivity index (χ3v) is 9.29. The highest BCUT2D eigenvalue weighted by molar-refractivity contribution is 6.34. The molecule has 0 radical (unpaired) electrons. The minimum Gasteiger partial charge on any atom is -0.389 e. The largest absolute Gasteiger partial charge is 0.389 e. The van der Waals surface area contributed by atoms with Crippen molar-refractivity contribution in [2.45, 2.75) is 56.3 Å². The van der Waals surface area contributed by atoms with Crippen molar-refractivity contribution in [3.8, 4) is 5.69 Å². The van der Waals surface area contributed by atoms with Gasteiger partial charge in [-0.1, -0.05) is 11.6 Å². The normalized spacial score (nSPS) is 35.5. The SMILES string of the molecule is C[C@@H]1CN([C@]2(C)COC[C@@H]2O)CCN1c1cc2c(cnn2-c2cnn(C34CC(C3)C4)c2)cc1Cl. The van der Waals surface area contributed by atoms with Crippen LogP contribution in [0.1, 0.15) is 33.1 Å². The molecule has 1 aromatic carbocycles. The number of aliphatic hydroxyl groups excluding tert-OH is 1. The first-order chi connectivity index (χ1) is 16.4. The quantitative estimate of drug-likeness (QED) is 0.616. The number of fused-ring (bicyclic) bond motifs is 1. The fraction of sp³-hybridized carbons (Fsp3) is 0.600. The van der Waals surface area contributed by atoms with Crippen molar-refractivity contribution in [2.75, 3.05) is 37.7 Å². The molecule has 0 spiro atoms. The number of ether oxygens (including phenoxy) is 1. The molecule has 180 valence electrons. The Hall–Kier alpha value is -2.13. The van der Waals surface area contributed by atoms with E-state index in [1.807, 2.05) is 23.1 Å². The molecule has 3 saturated carbocycles. The van der Waals surface area contributed by atoms with Crippen LogP contribution in [-0.4, -0.2) is 80.1 Å². The number of aliphatic hydroxyl groups is 1. The number of nitrogens with zero attached hydrogens (tertiary/aromatic N) is 6. The van der Waals surface area contributed by atoms with Crippen LogP contribution < -0.4 is 4.90 Å². The van der Waals surface area contributed by atoms with Crippen LogP contribution >= 0.6 is 11.6 Å². The monoisotopic (exact) mass is 482 g/mol. The van der Waals surface area contributed by atoms with Crippen molar-refractivity contribution >= 4 is 28.2 Å². The van der Waals surface area contributed by atoms with Gasteiger partial charge in [0.1, 0.15) is 5.69 Å². The van der Waals surface area contributed by atoms with Crippen molar-refractivity contribution in [3.63, 3.8) is 0 Å². The van der Waals surface area contributed by atoms with Crippen LogP contribution in [0.2, 0.25) is 5.02 Å². The van der Waals surface area contributed by atoms with Gasteiger partial charge in [0.15, 0.2) is 0 Å². The Morgan fingerprint density at radius 1 is 1.15 bits per heavy atom. The van der Waals surface area contributed by atoms with E-state index >= 15 is 0 Å². The van der Waals surface area contributed by atoms with E-state index in [2.05, 4.69) is 45.7 Å². The summed E-state index contributed by atoms with van der Waals surface area (Å²) in [6.45, 7) is 7.86. The Balaban J connectivity index is 1.18.